The van der Waals surface area contributed by atoms with Gasteiger partial charge in [0, 0.05) is 10.8 Å². The molecule has 0 spiro atoms. The predicted molar refractivity (Wildman–Crippen MR) is 105 cm³/mol. The minimum Gasteiger partial charge on any atom is -0.466 e. The van der Waals surface area contributed by atoms with Crippen LogP contribution >= 0.6 is 0 Å². The smallest absolute Gasteiger partial charge is 0.313 e. The summed E-state index contributed by atoms with van der Waals surface area (Å²) in [6.45, 7) is 11.9. The Morgan fingerprint density at radius 3 is 1.86 bits per heavy atom. The molecule has 2 amide bonds. The third kappa shape index (κ3) is 1.68. The second kappa shape index (κ2) is 5.56. The van der Waals surface area contributed by atoms with E-state index < -0.39 is 28.1 Å². The van der Waals surface area contributed by atoms with Gasteiger partial charge in [-0.1, -0.05) is 43.2 Å². The van der Waals surface area contributed by atoms with Gasteiger partial charge in [0.2, 0.25) is 11.8 Å². The van der Waals surface area contributed by atoms with Crippen molar-refractivity contribution in [1.29, 1.82) is 0 Å². The van der Waals surface area contributed by atoms with Gasteiger partial charge < -0.3 is 4.74 Å². The molecule has 1 aromatic rings. The average Bonchev–Trinajstić information content (AvgIpc) is 3.08. The predicted octanol–water partition coefficient (Wildman–Crippen LogP) is 3.74. The number of esters is 1. The molecule has 1 unspecified atom stereocenters. The maximum Gasteiger partial charge on any atom is 0.313 e. The molecule has 5 atom stereocenters. The van der Waals surface area contributed by atoms with Crippen LogP contribution in [0, 0.1) is 28.1 Å². The molecule has 5 heteroatoms. The van der Waals surface area contributed by atoms with Crippen LogP contribution in [0.4, 0.5) is 5.69 Å². The Hall–Kier alpha value is -2.43. The summed E-state index contributed by atoms with van der Waals surface area (Å²) in [5.74, 6) is -1.88. The highest BCUT2D eigenvalue weighted by atomic mass is 16.5. The summed E-state index contributed by atoms with van der Waals surface area (Å²) < 4.78 is 5.48. The fourth-order valence-electron chi connectivity index (χ4n) is 6.52. The summed E-state index contributed by atoms with van der Waals surface area (Å²) in [5, 5.41) is 0. The molecule has 5 nitrogen and oxygen atoms in total. The first kappa shape index (κ1) is 18.9. The van der Waals surface area contributed by atoms with Gasteiger partial charge in [-0.05, 0) is 39.8 Å². The van der Waals surface area contributed by atoms with Gasteiger partial charge in [0.1, 0.15) is 0 Å². The summed E-state index contributed by atoms with van der Waals surface area (Å²) in [6, 6.07) is 9.05. The van der Waals surface area contributed by atoms with E-state index in [1.54, 1.807) is 19.1 Å². The van der Waals surface area contributed by atoms with E-state index in [9.17, 15) is 14.4 Å². The zero-order valence-corrected chi connectivity index (χ0v) is 17.3. The Kier molecular flexibility index (Phi) is 3.75. The number of carbonyl (C=O) groups excluding carboxylic acids is 3. The molecule has 1 aliphatic heterocycles. The quantitative estimate of drug-likeness (QED) is 0.455. The number of ether oxygens (including phenoxy) is 1. The zero-order chi connectivity index (χ0) is 20.6. The van der Waals surface area contributed by atoms with Crippen molar-refractivity contribution in [3.63, 3.8) is 0 Å². The molecule has 2 bridgehead atoms. The molecule has 1 aromatic carbocycles. The van der Waals surface area contributed by atoms with Crippen LogP contribution in [0.25, 0.3) is 0 Å². The summed E-state index contributed by atoms with van der Waals surface area (Å²) in [4.78, 5) is 41.7. The summed E-state index contributed by atoms with van der Waals surface area (Å²) in [5.41, 5.74) is 0.156. The minimum atomic E-state index is -0.965. The lowest BCUT2D eigenvalue weighted by Gasteiger charge is -2.43. The Bertz CT molecular complexity index is 889. The van der Waals surface area contributed by atoms with Crippen molar-refractivity contribution in [3.8, 4) is 0 Å². The lowest BCUT2D eigenvalue weighted by Crippen LogP contribution is -2.51. The van der Waals surface area contributed by atoms with Crippen molar-refractivity contribution in [3.05, 3.63) is 41.5 Å². The van der Waals surface area contributed by atoms with Gasteiger partial charge in [0.25, 0.3) is 0 Å². The number of carbonyl (C=O) groups is 3. The molecule has 0 aromatic heterocycles. The van der Waals surface area contributed by atoms with Crippen LogP contribution < -0.4 is 4.90 Å². The number of nitrogens with zero attached hydrogens (tertiary/aromatic N) is 1. The Balaban J connectivity index is 1.93. The van der Waals surface area contributed by atoms with Crippen LogP contribution in [0.1, 0.15) is 41.5 Å². The number of amides is 2. The monoisotopic (exact) mass is 381 g/mol. The molecule has 1 heterocycles. The van der Waals surface area contributed by atoms with Crippen LogP contribution in [0.2, 0.25) is 0 Å². The molecule has 1 saturated carbocycles. The highest BCUT2D eigenvalue weighted by Crippen LogP contribution is 2.80. The van der Waals surface area contributed by atoms with Crippen LogP contribution in [0.15, 0.2) is 41.5 Å². The van der Waals surface area contributed by atoms with Crippen molar-refractivity contribution in [1.82, 2.24) is 0 Å². The number of allylic oxidation sites excluding steroid dienone is 2. The molecule has 1 saturated heterocycles. The van der Waals surface area contributed by atoms with Crippen LogP contribution in [0.3, 0.4) is 0 Å². The third-order valence-corrected chi connectivity index (χ3v) is 8.45. The lowest BCUT2D eigenvalue weighted by atomic mass is 9.59. The molecule has 4 rings (SSSR count). The van der Waals surface area contributed by atoms with E-state index in [0.717, 1.165) is 11.1 Å². The molecule has 148 valence electrons. The van der Waals surface area contributed by atoms with Gasteiger partial charge in [0.05, 0.1) is 29.5 Å². The number of hydrogen-bond acceptors (Lipinski definition) is 4. The summed E-state index contributed by atoms with van der Waals surface area (Å²) in [7, 11) is 0. The van der Waals surface area contributed by atoms with Gasteiger partial charge in [-0.3, -0.25) is 14.4 Å². The largest absolute Gasteiger partial charge is 0.466 e. The van der Waals surface area contributed by atoms with Gasteiger partial charge in [0.15, 0.2) is 0 Å². The number of rotatable bonds is 3. The third-order valence-electron chi connectivity index (χ3n) is 8.45. The summed E-state index contributed by atoms with van der Waals surface area (Å²) in [6.07, 6.45) is 0. The second-order valence-corrected chi connectivity index (χ2v) is 8.80. The molecule has 3 aliphatic rings. The van der Waals surface area contributed by atoms with E-state index in [1.165, 1.54) is 4.90 Å². The van der Waals surface area contributed by atoms with E-state index >= 15 is 0 Å². The highest BCUT2D eigenvalue weighted by Gasteiger charge is 2.84. The fourth-order valence-corrected chi connectivity index (χ4v) is 6.52. The Morgan fingerprint density at radius 2 is 1.43 bits per heavy atom. The number of anilines is 1. The molecular formula is C23H27NO4. The first-order chi connectivity index (χ1) is 13.1. The van der Waals surface area contributed by atoms with Crippen molar-refractivity contribution < 1.29 is 19.1 Å². The zero-order valence-electron chi connectivity index (χ0n) is 17.3. The number of fused-ring (bicyclic) bond motifs is 5. The van der Waals surface area contributed by atoms with Crippen molar-refractivity contribution in [2.24, 2.45) is 28.1 Å². The molecule has 2 fully saturated rings. The fraction of sp³-hybridized carbons (Fsp3) is 0.522. The van der Waals surface area contributed by atoms with E-state index in [0.29, 0.717) is 5.69 Å². The SMILES string of the molecule is CCOC(=O)C1(C)[C@@]2(C)C(C)=C(C)[C@]1(C)[C@@H]1C(=O)N(c3ccccc3)C(=O)[C@@H]12. The van der Waals surface area contributed by atoms with Crippen LogP contribution in [-0.2, 0) is 19.1 Å². The highest BCUT2D eigenvalue weighted by molar-refractivity contribution is 6.24. The topological polar surface area (TPSA) is 63.7 Å². The molecule has 28 heavy (non-hydrogen) atoms. The van der Waals surface area contributed by atoms with Crippen LogP contribution in [0.5, 0.6) is 0 Å². The van der Waals surface area contributed by atoms with Gasteiger partial charge in [-0.2, -0.15) is 0 Å². The van der Waals surface area contributed by atoms with E-state index in [4.69, 9.17) is 4.74 Å². The normalized spacial score (nSPS) is 39.0. The Labute approximate surface area is 165 Å². The first-order valence-corrected chi connectivity index (χ1v) is 9.88. The van der Waals surface area contributed by atoms with Crippen molar-refractivity contribution in [2.75, 3.05) is 11.5 Å². The number of hydrogen-bond donors (Lipinski definition) is 0. The Morgan fingerprint density at radius 1 is 0.964 bits per heavy atom. The van der Waals surface area contributed by atoms with Crippen LogP contribution in [-0.4, -0.2) is 24.4 Å². The van der Waals surface area contributed by atoms with Crippen molar-refractivity contribution in [2.45, 2.75) is 41.5 Å². The van der Waals surface area contributed by atoms with Gasteiger partial charge in [-0.25, -0.2) is 4.90 Å². The number of imide groups is 1. The van der Waals surface area contributed by atoms with Gasteiger partial charge >= 0.3 is 5.97 Å². The van der Waals surface area contributed by atoms with E-state index in [1.807, 2.05) is 52.8 Å². The standard InChI is InChI=1S/C23H27NO4/c1-7-28-20(27)23(6)21(4)13(2)14(3)22(23,5)17-16(21)18(25)24(19(17)26)15-11-9-8-10-12-15/h8-12,16-17H,7H2,1-6H3/t16-,17+,21+,22-,23?. The molecule has 2 aliphatic carbocycles. The maximum absolute atomic E-state index is 13.6. The molecular weight excluding hydrogens is 354 g/mol. The van der Waals surface area contributed by atoms with E-state index in [2.05, 4.69) is 0 Å². The number of benzene rings is 1. The number of para-hydroxylation sites is 1. The van der Waals surface area contributed by atoms with E-state index in [-0.39, 0.29) is 24.4 Å². The second-order valence-electron chi connectivity index (χ2n) is 8.80. The maximum atomic E-state index is 13.6. The first-order valence-electron chi connectivity index (χ1n) is 9.88. The van der Waals surface area contributed by atoms with Gasteiger partial charge in [-0.15, -0.1) is 0 Å². The molecule has 0 N–H and O–H groups in total. The average molecular weight is 381 g/mol. The minimum absolute atomic E-state index is 0.213. The summed E-state index contributed by atoms with van der Waals surface area (Å²) >= 11 is 0. The lowest BCUT2D eigenvalue weighted by molar-refractivity contribution is -0.165. The molecule has 0 radical (unpaired) electrons. The van der Waals surface area contributed by atoms with Crippen molar-refractivity contribution >= 4 is 23.5 Å².